The van der Waals surface area contributed by atoms with E-state index in [1.165, 1.54) is 5.56 Å². The zero-order valence-corrected chi connectivity index (χ0v) is 9.36. The van der Waals surface area contributed by atoms with Crippen LogP contribution in [0, 0.1) is 6.92 Å². The van der Waals surface area contributed by atoms with Crippen LogP contribution in [0.25, 0.3) is 0 Å². The van der Waals surface area contributed by atoms with Crippen molar-refractivity contribution in [3.05, 3.63) is 29.8 Å². The van der Waals surface area contributed by atoms with Crippen molar-refractivity contribution < 1.29 is 4.79 Å². The lowest BCUT2D eigenvalue weighted by molar-refractivity contribution is -0.117. The van der Waals surface area contributed by atoms with Crippen molar-refractivity contribution in [2.75, 3.05) is 18.0 Å². The Balaban J connectivity index is 2.65. The summed E-state index contributed by atoms with van der Waals surface area (Å²) in [7, 11) is 0. The number of nitrogens with two attached hydrogens (primary N) is 1. The molecule has 0 bridgehead atoms. The van der Waals surface area contributed by atoms with Crippen molar-refractivity contribution in [1.82, 2.24) is 0 Å². The number of hydrogen-bond donors (Lipinski definition) is 1. The summed E-state index contributed by atoms with van der Waals surface area (Å²) in [5.41, 5.74) is 7.52. The Morgan fingerprint density at radius 3 is 2.40 bits per heavy atom. The zero-order valence-electron chi connectivity index (χ0n) is 9.36. The minimum absolute atomic E-state index is 0.249. The first-order chi connectivity index (χ1) is 7.13. The third kappa shape index (κ3) is 3.62. The third-order valence-electron chi connectivity index (χ3n) is 2.41. The number of hydrogen-bond acceptors (Lipinski definition) is 2. The van der Waals surface area contributed by atoms with Crippen LogP contribution in [0.1, 0.15) is 18.9 Å². The lowest BCUT2D eigenvalue weighted by Gasteiger charge is -2.22. The smallest absolute Gasteiger partial charge is 0.219 e. The Bertz CT molecular complexity index is 319. The minimum Gasteiger partial charge on any atom is -0.371 e. The average Bonchev–Trinajstić information content (AvgIpc) is 2.21. The molecule has 0 saturated heterocycles. The van der Waals surface area contributed by atoms with Gasteiger partial charge in [-0.15, -0.1) is 0 Å². The molecule has 15 heavy (non-hydrogen) atoms. The van der Waals surface area contributed by atoms with Crippen molar-refractivity contribution in [3.8, 4) is 0 Å². The van der Waals surface area contributed by atoms with Gasteiger partial charge in [-0.25, -0.2) is 0 Å². The molecule has 1 rings (SSSR count). The van der Waals surface area contributed by atoms with Crippen molar-refractivity contribution >= 4 is 11.6 Å². The Kier molecular flexibility index (Phi) is 4.16. The highest BCUT2D eigenvalue weighted by Gasteiger charge is 2.04. The zero-order chi connectivity index (χ0) is 11.3. The van der Waals surface area contributed by atoms with Gasteiger partial charge in [-0.05, 0) is 26.0 Å². The topological polar surface area (TPSA) is 46.3 Å². The highest BCUT2D eigenvalue weighted by Crippen LogP contribution is 2.14. The number of rotatable bonds is 5. The van der Waals surface area contributed by atoms with Gasteiger partial charge in [-0.3, -0.25) is 4.79 Å². The number of aryl methyl sites for hydroxylation is 1. The fourth-order valence-corrected chi connectivity index (χ4v) is 1.47. The van der Waals surface area contributed by atoms with Crippen molar-refractivity contribution in [1.29, 1.82) is 0 Å². The molecule has 1 aromatic rings. The van der Waals surface area contributed by atoms with E-state index in [9.17, 15) is 4.79 Å². The number of carbonyl (C=O) groups excluding carboxylic acids is 1. The van der Waals surface area contributed by atoms with Gasteiger partial charge < -0.3 is 10.6 Å². The SMILES string of the molecule is CCN(CCC(N)=O)c1ccc(C)cc1. The maximum absolute atomic E-state index is 10.7. The molecule has 2 N–H and O–H groups in total. The Morgan fingerprint density at radius 1 is 1.33 bits per heavy atom. The standard InChI is InChI=1S/C12H18N2O/c1-3-14(9-8-12(13)15)11-6-4-10(2)5-7-11/h4-7H,3,8-9H2,1-2H3,(H2,13,15). The Labute approximate surface area is 90.9 Å². The second-order valence-electron chi connectivity index (χ2n) is 3.63. The molecule has 0 fully saturated rings. The summed E-state index contributed by atoms with van der Waals surface area (Å²) in [4.78, 5) is 12.8. The molecule has 0 aliphatic carbocycles. The fraction of sp³-hybridized carbons (Fsp3) is 0.417. The van der Waals surface area contributed by atoms with Gasteiger partial charge in [-0.1, -0.05) is 17.7 Å². The molecule has 3 heteroatoms. The predicted octanol–water partition coefficient (Wildman–Crippen LogP) is 1.70. The van der Waals surface area contributed by atoms with Gasteiger partial charge in [0.15, 0.2) is 0 Å². The molecule has 0 heterocycles. The highest BCUT2D eigenvalue weighted by atomic mass is 16.1. The molecule has 0 unspecified atom stereocenters. The molecule has 0 aromatic heterocycles. The second kappa shape index (κ2) is 5.39. The van der Waals surface area contributed by atoms with Gasteiger partial charge in [-0.2, -0.15) is 0 Å². The van der Waals surface area contributed by atoms with Gasteiger partial charge in [0.1, 0.15) is 0 Å². The summed E-state index contributed by atoms with van der Waals surface area (Å²) < 4.78 is 0. The maximum atomic E-state index is 10.7. The maximum Gasteiger partial charge on any atom is 0.219 e. The first-order valence-corrected chi connectivity index (χ1v) is 5.23. The molecule has 82 valence electrons. The van der Waals surface area contributed by atoms with E-state index < -0.39 is 0 Å². The summed E-state index contributed by atoms with van der Waals surface area (Å²) in [5, 5.41) is 0. The molecule has 0 aliphatic heterocycles. The summed E-state index contributed by atoms with van der Waals surface area (Å²) >= 11 is 0. The molecular formula is C12H18N2O. The van der Waals surface area contributed by atoms with E-state index >= 15 is 0 Å². The lowest BCUT2D eigenvalue weighted by atomic mass is 10.2. The number of benzene rings is 1. The van der Waals surface area contributed by atoms with Crippen LogP contribution in [-0.4, -0.2) is 19.0 Å². The van der Waals surface area contributed by atoms with Gasteiger partial charge >= 0.3 is 0 Å². The first-order valence-electron chi connectivity index (χ1n) is 5.23. The van der Waals surface area contributed by atoms with Crippen LogP contribution in [0.5, 0.6) is 0 Å². The quantitative estimate of drug-likeness (QED) is 0.797. The summed E-state index contributed by atoms with van der Waals surface area (Å²) in [6.07, 6.45) is 0.404. The normalized spacial score (nSPS) is 10.0. The van der Waals surface area contributed by atoms with Crippen LogP contribution in [-0.2, 0) is 4.79 Å². The van der Waals surface area contributed by atoms with Gasteiger partial charge in [0, 0.05) is 25.2 Å². The molecule has 3 nitrogen and oxygen atoms in total. The van der Waals surface area contributed by atoms with E-state index in [2.05, 4.69) is 43.0 Å². The molecule has 0 spiro atoms. The van der Waals surface area contributed by atoms with E-state index in [0.29, 0.717) is 13.0 Å². The van der Waals surface area contributed by atoms with E-state index in [4.69, 9.17) is 5.73 Å². The predicted molar refractivity (Wildman–Crippen MR) is 62.9 cm³/mol. The molecule has 0 saturated carbocycles. The summed E-state index contributed by atoms with van der Waals surface area (Å²) in [5.74, 6) is -0.249. The van der Waals surface area contributed by atoms with E-state index in [0.717, 1.165) is 12.2 Å². The molecule has 1 aromatic carbocycles. The van der Waals surface area contributed by atoms with E-state index in [1.807, 2.05) is 0 Å². The summed E-state index contributed by atoms with van der Waals surface area (Å²) in [6, 6.07) is 8.28. The van der Waals surface area contributed by atoms with Crippen LogP contribution in [0.2, 0.25) is 0 Å². The van der Waals surface area contributed by atoms with Crippen LogP contribution in [0.15, 0.2) is 24.3 Å². The Morgan fingerprint density at radius 2 is 1.93 bits per heavy atom. The molecule has 1 amide bonds. The monoisotopic (exact) mass is 206 g/mol. The fourth-order valence-electron chi connectivity index (χ4n) is 1.47. The number of primary amides is 1. The minimum atomic E-state index is -0.249. The van der Waals surface area contributed by atoms with E-state index in [-0.39, 0.29) is 5.91 Å². The van der Waals surface area contributed by atoms with Crippen LogP contribution in [0.3, 0.4) is 0 Å². The number of anilines is 1. The van der Waals surface area contributed by atoms with E-state index in [1.54, 1.807) is 0 Å². The molecule has 0 aliphatic rings. The Hall–Kier alpha value is -1.51. The average molecular weight is 206 g/mol. The first kappa shape index (κ1) is 11.6. The molecular weight excluding hydrogens is 188 g/mol. The van der Waals surface area contributed by atoms with Gasteiger partial charge in [0.2, 0.25) is 5.91 Å². The van der Waals surface area contributed by atoms with Gasteiger partial charge in [0.25, 0.3) is 0 Å². The number of amides is 1. The number of carbonyl (C=O) groups is 1. The molecule has 0 atom stereocenters. The van der Waals surface area contributed by atoms with Gasteiger partial charge in [0.05, 0.1) is 0 Å². The largest absolute Gasteiger partial charge is 0.371 e. The molecule has 0 radical (unpaired) electrons. The highest BCUT2D eigenvalue weighted by molar-refractivity contribution is 5.74. The third-order valence-corrected chi connectivity index (χ3v) is 2.41. The summed E-state index contributed by atoms with van der Waals surface area (Å²) in [6.45, 7) is 5.70. The van der Waals surface area contributed by atoms with Crippen LogP contribution < -0.4 is 10.6 Å². The van der Waals surface area contributed by atoms with Crippen molar-refractivity contribution in [2.24, 2.45) is 5.73 Å². The van der Waals surface area contributed by atoms with Crippen molar-refractivity contribution in [3.63, 3.8) is 0 Å². The number of nitrogens with zero attached hydrogens (tertiary/aromatic N) is 1. The van der Waals surface area contributed by atoms with Crippen molar-refractivity contribution in [2.45, 2.75) is 20.3 Å². The lowest BCUT2D eigenvalue weighted by Crippen LogP contribution is -2.27. The van der Waals surface area contributed by atoms with Crippen LogP contribution in [0.4, 0.5) is 5.69 Å². The van der Waals surface area contributed by atoms with Crippen LogP contribution >= 0.6 is 0 Å². The second-order valence-corrected chi connectivity index (χ2v) is 3.63.